The molecular weight excluding hydrogens is 484 g/mol. The molecule has 0 radical (unpaired) electrons. The first-order chi connectivity index (χ1) is 16.1. The van der Waals surface area contributed by atoms with Gasteiger partial charge in [0.1, 0.15) is 10.7 Å². The van der Waals surface area contributed by atoms with E-state index in [9.17, 15) is 13.0 Å². The van der Waals surface area contributed by atoms with E-state index in [-0.39, 0.29) is 27.0 Å². The maximum absolute atomic E-state index is 14.9. The van der Waals surface area contributed by atoms with Crippen LogP contribution in [0, 0.1) is 18.6 Å². The number of ether oxygens (including phenoxy) is 1. The van der Waals surface area contributed by atoms with E-state index in [1.807, 2.05) is 0 Å². The summed E-state index contributed by atoms with van der Waals surface area (Å²) in [7, 11) is -0.210. The van der Waals surface area contributed by atoms with E-state index in [1.165, 1.54) is 25.4 Å². The molecule has 1 atom stereocenters. The zero-order chi connectivity index (χ0) is 24.6. The van der Waals surface area contributed by atoms with Crippen molar-refractivity contribution < 1.29 is 17.7 Å². The Morgan fingerprint density at radius 2 is 1.85 bits per heavy atom. The maximum Gasteiger partial charge on any atom is 0.230 e. The summed E-state index contributed by atoms with van der Waals surface area (Å²) in [5.74, 6) is 2.19. The zero-order valence-corrected chi connectivity index (χ0v) is 20.0. The first-order valence-electron chi connectivity index (χ1n) is 9.92. The first-order valence-corrected chi connectivity index (χ1v) is 12.0. The van der Waals surface area contributed by atoms with E-state index in [0.29, 0.717) is 28.0 Å². The second kappa shape index (κ2) is 9.03. The molecule has 0 spiro atoms. The Bertz CT molecular complexity index is 1530. The lowest BCUT2D eigenvalue weighted by Crippen LogP contribution is -2.15. The van der Waals surface area contributed by atoms with Crippen molar-refractivity contribution in [2.24, 2.45) is 0 Å². The molecule has 1 aromatic carbocycles. The summed E-state index contributed by atoms with van der Waals surface area (Å²) in [5, 5.41) is 3.79. The van der Waals surface area contributed by atoms with Gasteiger partial charge in [-0.2, -0.15) is 0 Å². The summed E-state index contributed by atoms with van der Waals surface area (Å²) >= 11 is 5.99. The molecule has 0 saturated heterocycles. The van der Waals surface area contributed by atoms with Crippen LogP contribution in [0.15, 0.2) is 47.6 Å². The molecule has 11 heteroatoms. The monoisotopic (exact) mass is 503 g/mol. The van der Waals surface area contributed by atoms with Crippen LogP contribution in [0.25, 0.3) is 22.0 Å². The fraction of sp³-hybridized carbons (Fsp3) is 0.130. The number of fused-ring (bicyclic) bond motifs is 1. The minimum absolute atomic E-state index is 0.0408. The number of pyridine rings is 3. The molecule has 0 bridgehead atoms. The second-order valence-corrected chi connectivity index (χ2v) is 9.82. The van der Waals surface area contributed by atoms with Gasteiger partial charge in [-0.05, 0) is 31.0 Å². The quantitative estimate of drug-likeness (QED) is 0.356. The third-order valence-electron chi connectivity index (χ3n) is 5.08. The minimum Gasteiger partial charge on any atom is -0.480 e. The van der Waals surface area contributed by atoms with E-state index >= 15 is 0 Å². The Balaban J connectivity index is 1.81. The van der Waals surface area contributed by atoms with Crippen LogP contribution in [0.1, 0.15) is 5.69 Å². The number of nitrogens with one attached hydrogen (secondary N) is 2. The van der Waals surface area contributed by atoms with E-state index in [0.717, 1.165) is 6.07 Å². The van der Waals surface area contributed by atoms with Crippen LogP contribution in [-0.2, 0) is 9.71 Å². The van der Waals surface area contributed by atoms with Gasteiger partial charge in [0.25, 0.3) is 0 Å². The molecule has 0 fully saturated rings. The van der Waals surface area contributed by atoms with Crippen LogP contribution >= 0.6 is 11.6 Å². The molecule has 0 aliphatic rings. The van der Waals surface area contributed by atoms with Gasteiger partial charge in [0.05, 0.1) is 27.4 Å². The highest BCUT2D eigenvalue weighted by atomic mass is 35.5. The number of benzene rings is 1. The van der Waals surface area contributed by atoms with Gasteiger partial charge in [-0.15, -0.1) is 0 Å². The number of nitrogens with zero attached hydrogens (tertiary/aromatic N) is 3. The van der Waals surface area contributed by atoms with Crippen LogP contribution < -0.4 is 14.8 Å². The average Bonchev–Trinajstić information content (AvgIpc) is 2.80. The van der Waals surface area contributed by atoms with Crippen molar-refractivity contribution in [3.63, 3.8) is 0 Å². The third kappa shape index (κ3) is 4.46. The molecule has 3 aromatic heterocycles. The number of halogens is 3. The van der Waals surface area contributed by atoms with Crippen molar-refractivity contribution in [2.45, 2.75) is 11.8 Å². The van der Waals surface area contributed by atoms with Gasteiger partial charge < -0.3 is 14.8 Å². The molecule has 0 aliphatic heterocycles. The highest BCUT2D eigenvalue weighted by molar-refractivity contribution is 8.01. The molecule has 0 aliphatic carbocycles. The number of methoxy groups -OCH3 is 1. The lowest BCUT2D eigenvalue weighted by atomic mass is 10.0. The van der Waals surface area contributed by atoms with Gasteiger partial charge in [-0.3, -0.25) is 4.98 Å². The summed E-state index contributed by atoms with van der Waals surface area (Å²) in [5.41, 5.74) is 1.48. The predicted molar refractivity (Wildman–Crippen MR) is 132 cm³/mol. The molecule has 0 saturated carbocycles. The Morgan fingerprint density at radius 3 is 2.56 bits per heavy atom. The number of rotatable bonds is 6. The second-order valence-electron chi connectivity index (χ2n) is 7.39. The van der Waals surface area contributed by atoms with E-state index in [4.69, 9.17) is 16.3 Å². The molecule has 2 N–H and O–H groups in total. The Kier molecular flexibility index (Phi) is 6.28. The van der Waals surface area contributed by atoms with Gasteiger partial charge >= 0.3 is 0 Å². The van der Waals surface area contributed by atoms with Crippen molar-refractivity contribution in [3.05, 3.63) is 65.1 Å². The van der Waals surface area contributed by atoms with E-state index in [2.05, 4.69) is 30.9 Å². The number of hydrogen-bond acceptors (Lipinski definition) is 6. The van der Waals surface area contributed by atoms with Crippen LogP contribution in [-0.4, -0.2) is 39.2 Å². The smallest absolute Gasteiger partial charge is 0.230 e. The van der Waals surface area contributed by atoms with Crippen molar-refractivity contribution in [1.82, 2.24) is 15.0 Å². The highest BCUT2D eigenvalue weighted by Gasteiger charge is 2.20. The molecule has 4 aromatic rings. The minimum atomic E-state index is -3.30. The van der Waals surface area contributed by atoms with Crippen molar-refractivity contribution in [1.29, 1.82) is 0 Å². The Labute approximate surface area is 200 Å². The molecular formula is C23H20ClF2N5O2S. The number of aryl methyl sites for hydroxylation is 1. The first kappa shape index (κ1) is 23.7. The molecule has 176 valence electrons. The normalized spacial score (nSPS) is 12.9. The highest BCUT2D eigenvalue weighted by Crippen LogP contribution is 2.34. The molecule has 1 unspecified atom stereocenters. The lowest BCUT2D eigenvalue weighted by Gasteiger charge is -2.17. The molecule has 3 heterocycles. The van der Waals surface area contributed by atoms with Gasteiger partial charge in [0, 0.05) is 59.5 Å². The van der Waals surface area contributed by atoms with Crippen LogP contribution in [0.4, 0.5) is 20.3 Å². The molecule has 7 nitrogen and oxygen atoms in total. The SMILES string of the molecule is C=S(=O)(Nc1cc(F)c(F)c(-c2cc3cnc(NC)cc3nc2C)c1)c1cc(Cl)cnc1OC. The van der Waals surface area contributed by atoms with Crippen molar-refractivity contribution >= 4 is 49.6 Å². The topological polar surface area (TPSA) is 89.0 Å². The summed E-state index contributed by atoms with van der Waals surface area (Å²) in [6.07, 6.45) is 2.92. The molecule has 34 heavy (non-hydrogen) atoms. The van der Waals surface area contributed by atoms with Crippen molar-refractivity contribution in [2.75, 3.05) is 24.2 Å². The largest absolute Gasteiger partial charge is 0.480 e. The van der Waals surface area contributed by atoms with E-state index in [1.54, 1.807) is 32.3 Å². The van der Waals surface area contributed by atoms with Crippen LogP contribution in [0.2, 0.25) is 5.02 Å². The summed E-state index contributed by atoms with van der Waals surface area (Å²) in [6, 6.07) is 7.07. The Morgan fingerprint density at radius 1 is 1.09 bits per heavy atom. The number of aromatic nitrogens is 3. The van der Waals surface area contributed by atoms with Crippen LogP contribution in [0.5, 0.6) is 5.88 Å². The fourth-order valence-corrected chi connectivity index (χ4v) is 5.03. The van der Waals surface area contributed by atoms with E-state index < -0.39 is 21.3 Å². The maximum atomic E-state index is 14.9. The Hall–Kier alpha value is -3.50. The number of hydrogen-bond donors (Lipinski definition) is 2. The zero-order valence-electron chi connectivity index (χ0n) is 18.4. The van der Waals surface area contributed by atoms with Crippen molar-refractivity contribution in [3.8, 4) is 17.0 Å². The summed E-state index contributed by atoms with van der Waals surface area (Å²) < 4.78 is 50.8. The summed E-state index contributed by atoms with van der Waals surface area (Å²) in [6.45, 7) is 1.69. The van der Waals surface area contributed by atoms with Gasteiger partial charge in [0.15, 0.2) is 11.6 Å². The molecule has 0 amide bonds. The average molecular weight is 504 g/mol. The standard InChI is InChI=1S/C23H20ClF2N5O2S/c1-12-16(5-13-10-28-21(27-2)9-19(13)30-12)17-7-15(8-18(25)22(17)26)31-34(4,32)20-6-14(24)11-29-23(20)33-3/h5-11H,4H2,1-3H3,(H,27,28)(H,31,32). The molecule has 4 rings (SSSR count). The number of anilines is 2. The fourth-order valence-electron chi connectivity index (χ4n) is 3.46. The summed E-state index contributed by atoms with van der Waals surface area (Å²) in [4.78, 5) is 12.8. The van der Waals surface area contributed by atoms with Gasteiger partial charge in [-0.1, -0.05) is 11.6 Å². The van der Waals surface area contributed by atoms with Gasteiger partial charge in [-0.25, -0.2) is 23.0 Å². The lowest BCUT2D eigenvalue weighted by molar-refractivity contribution is 0.386. The van der Waals surface area contributed by atoms with Gasteiger partial charge in [0.2, 0.25) is 5.88 Å². The predicted octanol–water partition coefficient (Wildman–Crippen LogP) is 5.08. The van der Waals surface area contributed by atoms with Crippen LogP contribution in [0.3, 0.4) is 0 Å². The third-order valence-corrected chi connectivity index (χ3v) is 6.86.